The molecule has 1 heterocycles. The minimum absolute atomic E-state index is 0.0251. The van der Waals surface area contributed by atoms with Gasteiger partial charge in [0.15, 0.2) is 0 Å². The van der Waals surface area contributed by atoms with Gasteiger partial charge >= 0.3 is 6.30 Å². The van der Waals surface area contributed by atoms with Crippen molar-refractivity contribution in [2.75, 3.05) is 19.6 Å². The third-order valence-electron chi connectivity index (χ3n) is 2.69. The van der Waals surface area contributed by atoms with E-state index in [1.54, 1.807) is 5.32 Å². The smallest absolute Gasteiger partial charge is 0.299 e. The molecule has 0 aromatic rings. The summed E-state index contributed by atoms with van der Waals surface area (Å²) in [5.41, 5.74) is 0. The molecule has 0 aromatic carbocycles. The Bertz CT molecular complexity index is 170. The first-order valence-corrected chi connectivity index (χ1v) is 5.08. The summed E-state index contributed by atoms with van der Waals surface area (Å²) in [5, 5.41) is 1.61. The Morgan fingerprint density at radius 2 is 2.07 bits per heavy atom. The normalized spacial score (nSPS) is 25.3. The van der Waals surface area contributed by atoms with E-state index in [0.29, 0.717) is 0 Å². The fourth-order valence-electron chi connectivity index (χ4n) is 1.94. The van der Waals surface area contributed by atoms with Crippen molar-refractivity contribution in [3.8, 4) is 0 Å². The molecule has 2 nitrogen and oxygen atoms in total. The highest BCUT2D eigenvalue weighted by Crippen LogP contribution is 2.17. The van der Waals surface area contributed by atoms with Crippen LogP contribution in [-0.4, -0.2) is 36.9 Å². The fraction of sp³-hybridized carbons (Fsp3) is 1.00. The largest absolute Gasteiger partial charge is 0.457 e. The molecule has 0 aliphatic carbocycles. The zero-order valence-corrected chi connectivity index (χ0v) is 8.40. The molecule has 1 aliphatic heterocycles. The summed E-state index contributed by atoms with van der Waals surface area (Å²) in [6, 6.07) is 0.0513. The molecule has 14 heavy (non-hydrogen) atoms. The Labute approximate surface area is 82.5 Å². The molecule has 1 fully saturated rings. The molecule has 1 aliphatic rings. The maximum atomic E-state index is 11.9. The van der Waals surface area contributed by atoms with Gasteiger partial charge in [0, 0.05) is 12.6 Å². The zero-order valence-electron chi connectivity index (χ0n) is 8.40. The minimum Gasteiger partial charge on any atom is -0.299 e. The Hall–Kier alpha value is -0.290. The lowest BCUT2D eigenvalue weighted by atomic mass is 10.0. The number of halogens is 3. The van der Waals surface area contributed by atoms with E-state index in [0.717, 1.165) is 32.4 Å². The van der Waals surface area contributed by atoms with E-state index in [9.17, 15) is 13.2 Å². The Balaban J connectivity index is 2.33. The van der Waals surface area contributed by atoms with Crippen molar-refractivity contribution in [3.05, 3.63) is 0 Å². The highest BCUT2D eigenvalue weighted by atomic mass is 19.4. The van der Waals surface area contributed by atoms with Gasteiger partial charge in [0.1, 0.15) is 0 Å². The SMILES string of the molecule is CCN1CCCC[C@@H]1CNC(F)(F)F. The zero-order chi connectivity index (χ0) is 10.6. The summed E-state index contributed by atoms with van der Waals surface area (Å²) in [7, 11) is 0. The monoisotopic (exact) mass is 210 g/mol. The number of rotatable bonds is 3. The van der Waals surface area contributed by atoms with Gasteiger partial charge in [-0.3, -0.25) is 4.90 Å². The molecular formula is C9H17F3N2. The van der Waals surface area contributed by atoms with Crippen LogP contribution in [0.5, 0.6) is 0 Å². The second-order valence-electron chi connectivity index (χ2n) is 3.66. The van der Waals surface area contributed by atoms with Crippen LogP contribution in [0.15, 0.2) is 0 Å². The van der Waals surface area contributed by atoms with E-state index in [-0.39, 0.29) is 12.6 Å². The van der Waals surface area contributed by atoms with E-state index >= 15 is 0 Å². The predicted molar refractivity (Wildman–Crippen MR) is 48.9 cm³/mol. The van der Waals surface area contributed by atoms with E-state index < -0.39 is 6.30 Å². The summed E-state index contributed by atoms with van der Waals surface area (Å²) in [5.74, 6) is 0. The first kappa shape index (κ1) is 11.8. The molecule has 84 valence electrons. The van der Waals surface area contributed by atoms with Gasteiger partial charge in [0.05, 0.1) is 0 Å². The standard InChI is InChI=1S/C9H17F3N2/c1-2-14-6-4-3-5-8(14)7-13-9(10,11)12/h8,13H,2-7H2,1H3/t8-/m1/s1. The van der Waals surface area contributed by atoms with Gasteiger partial charge in [-0.05, 0) is 25.9 Å². The number of piperidine rings is 1. The summed E-state index contributed by atoms with van der Waals surface area (Å²) < 4.78 is 35.7. The second-order valence-corrected chi connectivity index (χ2v) is 3.66. The van der Waals surface area contributed by atoms with Gasteiger partial charge in [0.2, 0.25) is 0 Å². The van der Waals surface area contributed by atoms with Crippen molar-refractivity contribution in [1.82, 2.24) is 10.2 Å². The van der Waals surface area contributed by atoms with Crippen LogP contribution >= 0.6 is 0 Å². The highest BCUT2D eigenvalue weighted by molar-refractivity contribution is 4.78. The molecule has 5 heteroatoms. The van der Waals surface area contributed by atoms with Crippen LogP contribution in [0.1, 0.15) is 26.2 Å². The topological polar surface area (TPSA) is 15.3 Å². The first-order valence-electron chi connectivity index (χ1n) is 5.08. The third-order valence-corrected chi connectivity index (χ3v) is 2.69. The molecule has 0 bridgehead atoms. The van der Waals surface area contributed by atoms with Crippen molar-refractivity contribution in [3.63, 3.8) is 0 Å². The number of likely N-dealkylation sites (N-methyl/N-ethyl adjacent to an activating group) is 1. The van der Waals surface area contributed by atoms with E-state index in [1.165, 1.54) is 0 Å². The van der Waals surface area contributed by atoms with Gasteiger partial charge < -0.3 is 0 Å². The minimum atomic E-state index is -4.24. The molecule has 1 rings (SSSR count). The fourth-order valence-corrected chi connectivity index (χ4v) is 1.94. The van der Waals surface area contributed by atoms with Crippen LogP contribution in [0.3, 0.4) is 0 Å². The molecule has 1 N–H and O–H groups in total. The van der Waals surface area contributed by atoms with Crippen molar-refractivity contribution in [2.24, 2.45) is 0 Å². The molecule has 1 atom stereocenters. The summed E-state index contributed by atoms with van der Waals surface area (Å²) in [4.78, 5) is 2.11. The van der Waals surface area contributed by atoms with Crippen molar-refractivity contribution >= 4 is 0 Å². The molecule has 0 saturated carbocycles. The quantitative estimate of drug-likeness (QED) is 0.716. The molecule has 1 saturated heterocycles. The van der Waals surface area contributed by atoms with Gasteiger partial charge in [-0.15, -0.1) is 0 Å². The predicted octanol–water partition coefficient (Wildman–Crippen LogP) is 1.97. The van der Waals surface area contributed by atoms with Crippen LogP contribution in [0.2, 0.25) is 0 Å². The van der Waals surface area contributed by atoms with E-state index in [4.69, 9.17) is 0 Å². The molecule has 0 radical (unpaired) electrons. The number of hydrogen-bond acceptors (Lipinski definition) is 2. The Morgan fingerprint density at radius 1 is 1.36 bits per heavy atom. The lowest BCUT2D eigenvalue weighted by molar-refractivity contribution is -0.159. The first-order chi connectivity index (χ1) is 6.53. The van der Waals surface area contributed by atoms with Gasteiger partial charge in [0.25, 0.3) is 0 Å². The second kappa shape index (κ2) is 4.98. The average Bonchev–Trinajstić information content (AvgIpc) is 2.14. The van der Waals surface area contributed by atoms with Crippen LogP contribution < -0.4 is 5.32 Å². The molecular weight excluding hydrogens is 193 g/mol. The summed E-state index contributed by atoms with van der Waals surface area (Å²) in [6.45, 7) is 3.79. The Morgan fingerprint density at radius 3 is 2.64 bits per heavy atom. The maximum absolute atomic E-state index is 11.9. The molecule has 0 amide bonds. The highest BCUT2D eigenvalue weighted by Gasteiger charge is 2.29. The van der Waals surface area contributed by atoms with Gasteiger partial charge in [-0.1, -0.05) is 13.3 Å². The van der Waals surface area contributed by atoms with E-state index in [1.807, 2.05) is 6.92 Å². The maximum Gasteiger partial charge on any atom is 0.457 e. The van der Waals surface area contributed by atoms with Crippen LogP contribution in [-0.2, 0) is 0 Å². The van der Waals surface area contributed by atoms with Crippen molar-refractivity contribution in [1.29, 1.82) is 0 Å². The molecule has 0 unspecified atom stereocenters. The lowest BCUT2D eigenvalue weighted by Gasteiger charge is -2.35. The van der Waals surface area contributed by atoms with Crippen LogP contribution in [0, 0.1) is 0 Å². The van der Waals surface area contributed by atoms with Gasteiger partial charge in [-0.25, -0.2) is 5.32 Å². The number of alkyl halides is 3. The molecule has 0 aromatic heterocycles. The number of nitrogens with one attached hydrogen (secondary N) is 1. The van der Waals surface area contributed by atoms with Crippen LogP contribution in [0.4, 0.5) is 13.2 Å². The van der Waals surface area contributed by atoms with Crippen molar-refractivity contribution in [2.45, 2.75) is 38.5 Å². The van der Waals surface area contributed by atoms with Crippen LogP contribution in [0.25, 0.3) is 0 Å². The lowest BCUT2D eigenvalue weighted by Crippen LogP contribution is -2.48. The number of likely N-dealkylation sites (tertiary alicyclic amines) is 1. The van der Waals surface area contributed by atoms with E-state index in [2.05, 4.69) is 4.90 Å². The summed E-state index contributed by atoms with van der Waals surface area (Å²) >= 11 is 0. The average molecular weight is 210 g/mol. The Kier molecular flexibility index (Phi) is 4.19. The summed E-state index contributed by atoms with van der Waals surface area (Å²) in [6.07, 6.45) is -1.22. The third kappa shape index (κ3) is 3.84. The molecule has 0 spiro atoms. The van der Waals surface area contributed by atoms with Gasteiger partial charge in [-0.2, -0.15) is 13.2 Å². The number of nitrogens with zero attached hydrogens (tertiary/aromatic N) is 1. The van der Waals surface area contributed by atoms with Crippen molar-refractivity contribution < 1.29 is 13.2 Å². The number of hydrogen-bond donors (Lipinski definition) is 1.